The van der Waals surface area contributed by atoms with Crippen LogP contribution in [-0.2, 0) is 0 Å². The number of rotatable bonds is 7. The van der Waals surface area contributed by atoms with Crippen molar-refractivity contribution in [2.75, 3.05) is 6.54 Å². The summed E-state index contributed by atoms with van der Waals surface area (Å²) in [6.45, 7) is 4.68. The first-order valence-electron chi connectivity index (χ1n) is 8.03. The van der Waals surface area contributed by atoms with Crippen LogP contribution < -0.4 is 5.32 Å². The van der Waals surface area contributed by atoms with Crippen molar-refractivity contribution in [2.45, 2.75) is 25.8 Å². The molecule has 0 radical (unpaired) electrons. The Hall–Kier alpha value is -1.50. The van der Waals surface area contributed by atoms with Crippen molar-refractivity contribution in [2.24, 2.45) is 5.92 Å². The van der Waals surface area contributed by atoms with Gasteiger partial charge >= 0.3 is 0 Å². The summed E-state index contributed by atoms with van der Waals surface area (Å²) in [5.41, 5.74) is 3.62. The van der Waals surface area contributed by atoms with Gasteiger partial charge in [-0.3, -0.25) is 0 Å². The zero-order valence-electron chi connectivity index (χ0n) is 13.7. The maximum Gasteiger partial charge on any atom is 0.117 e. The van der Waals surface area contributed by atoms with Crippen LogP contribution in [0.2, 0.25) is 0 Å². The number of hydrogen-bond acceptors (Lipinski definition) is 1. The summed E-state index contributed by atoms with van der Waals surface area (Å²) < 4.78 is 13.2. The molecule has 0 saturated carbocycles. The molecular formula is C20H25FNP. The van der Waals surface area contributed by atoms with Gasteiger partial charge in [-0.25, -0.2) is 4.39 Å². The minimum absolute atomic E-state index is 0.0152. The van der Waals surface area contributed by atoms with E-state index in [2.05, 4.69) is 63.1 Å². The fourth-order valence-corrected chi connectivity index (χ4v) is 2.66. The molecule has 23 heavy (non-hydrogen) atoms. The van der Waals surface area contributed by atoms with Crippen molar-refractivity contribution in [3.8, 4) is 11.1 Å². The van der Waals surface area contributed by atoms with Crippen LogP contribution in [0.3, 0.4) is 0 Å². The Kier molecular flexibility index (Phi) is 6.95. The summed E-state index contributed by atoms with van der Waals surface area (Å²) in [4.78, 5) is 0. The molecule has 0 heterocycles. The van der Waals surface area contributed by atoms with Crippen LogP contribution in [0.4, 0.5) is 4.39 Å². The molecule has 2 aromatic rings. The third-order valence-electron chi connectivity index (χ3n) is 4.18. The Labute approximate surface area is 141 Å². The number of halogens is 1. The average Bonchev–Trinajstić information content (AvgIpc) is 2.59. The average molecular weight is 329 g/mol. The standard InChI is InChI=1S/C20H25FNP/c1-15(20(21)23)16(2)22-14-6-7-17-10-12-19(13-11-17)18-8-4-3-5-9-18/h3-13,15-16,20,22H,14,23H2,1-2H3/b7-6+. The van der Waals surface area contributed by atoms with Crippen LogP contribution in [0.25, 0.3) is 17.2 Å². The number of alkyl halides is 1. The lowest BCUT2D eigenvalue weighted by Crippen LogP contribution is -2.35. The monoisotopic (exact) mass is 329 g/mol. The molecule has 4 atom stereocenters. The summed E-state index contributed by atoms with van der Waals surface area (Å²) >= 11 is 0. The molecule has 0 bridgehead atoms. The molecule has 0 aromatic heterocycles. The van der Waals surface area contributed by atoms with E-state index in [9.17, 15) is 4.39 Å². The maximum absolute atomic E-state index is 13.2. The van der Waals surface area contributed by atoms with Crippen LogP contribution in [0.5, 0.6) is 0 Å². The van der Waals surface area contributed by atoms with E-state index in [1.165, 1.54) is 16.7 Å². The van der Waals surface area contributed by atoms with E-state index in [4.69, 9.17) is 0 Å². The third kappa shape index (κ3) is 5.57. The van der Waals surface area contributed by atoms with Crippen LogP contribution in [0.1, 0.15) is 19.4 Å². The lowest BCUT2D eigenvalue weighted by atomic mass is 10.0. The van der Waals surface area contributed by atoms with Gasteiger partial charge < -0.3 is 5.32 Å². The Bertz CT molecular complexity index is 607. The van der Waals surface area contributed by atoms with Crippen LogP contribution in [0, 0.1) is 5.92 Å². The van der Waals surface area contributed by atoms with Crippen LogP contribution >= 0.6 is 9.24 Å². The second-order valence-electron chi connectivity index (χ2n) is 5.89. The topological polar surface area (TPSA) is 12.0 Å². The van der Waals surface area contributed by atoms with E-state index < -0.39 is 5.91 Å². The molecular weight excluding hydrogens is 304 g/mol. The summed E-state index contributed by atoms with van der Waals surface area (Å²) in [7, 11) is 2.23. The molecule has 1 N–H and O–H groups in total. The van der Waals surface area contributed by atoms with Gasteiger partial charge in [-0.15, -0.1) is 9.24 Å². The van der Waals surface area contributed by atoms with Crippen LogP contribution in [-0.4, -0.2) is 18.5 Å². The minimum atomic E-state index is -0.869. The quantitative estimate of drug-likeness (QED) is 0.693. The van der Waals surface area contributed by atoms with E-state index >= 15 is 0 Å². The van der Waals surface area contributed by atoms with Gasteiger partial charge in [0, 0.05) is 18.5 Å². The SMILES string of the molecule is CC(NC/C=C/c1ccc(-c2ccccc2)cc1)C(C)C(F)P. The van der Waals surface area contributed by atoms with Gasteiger partial charge in [-0.05, 0) is 23.6 Å². The molecule has 0 saturated heterocycles. The smallest absolute Gasteiger partial charge is 0.117 e. The highest BCUT2D eigenvalue weighted by molar-refractivity contribution is 7.17. The predicted molar refractivity (Wildman–Crippen MR) is 102 cm³/mol. The van der Waals surface area contributed by atoms with Gasteiger partial charge in [0.1, 0.15) is 5.91 Å². The Morgan fingerprint density at radius 2 is 1.61 bits per heavy atom. The molecule has 122 valence electrons. The highest BCUT2D eigenvalue weighted by Gasteiger charge is 2.17. The van der Waals surface area contributed by atoms with Crippen LogP contribution in [0.15, 0.2) is 60.7 Å². The second-order valence-corrected chi connectivity index (χ2v) is 6.53. The molecule has 0 aliphatic heterocycles. The van der Waals surface area contributed by atoms with E-state index in [-0.39, 0.29) is 12.0 Å². The molecule has 0 fully saturated rings. The van der Waals surface area contributed by atoms with Crippen molar-refractivity contribution >= 4 is 15.3 Å². The highest BCUT2D eigenvalue weighted by Crippen LogP contribution is 2.20. The predicted octanol–water partition coefficient (Wildman–Crippen LogP) is 5.15. The molecule has 4 unspecified atom stereocenters. The molecule has 0 spiro atoms. The van der Waals surface area contributed by atoms with Crippen molar-refractivity contribution in [1.82, 2.24) is 5.32 Å². The van der Waals surface area contributed by atoms with E-state index in [1.807, 2.05) is 32.0 Å². The number of benzene rings is 2. The minimum Gasteiger partial charge on any atom is -0.310 e. The lowest BCUT2D eigenvalue weighted by molar-refractivity contribution is 0.285. The van der Waals surface area contributed by atoms with Crippen molar-refractivity contribution in [3.63, 3.8) is 0 Å². The maximum atomic E-state index is 13.2. The highest BCUT2D eigenvalue weighted by atomic mass is 31.0. The molecule has 3 heteroatoms. The summed E-state index contributed by atoms with van der Waals surface area (Å²) in [5, 5.41) is 3.33. The molecule has 2 rings (SSSR count). The number of nitrogens with one attached hydrogen (secondary N) is 1. The normalized spacial score (nSPS) is 15.5. The Balaban J connectivity index is 1.86. The van der Waals surface area contributed by atoms with E-state index in [0.29, 0.717) is 0 Å². The third-order valence-corrected chi connectivity index (χ3v) is 4.78. The fourth-order valence-electron chi connectivity index (χ4n) is 2.33. The summed E-state index contributed by atoms with van der Waals surface area (Å²) in [5.74, 6) is -0.884. The number of hydrogen-bond donors (Lipinski definition) is 1. The van der Waals surface area contributed by atoms with Gasteiger partial charge in [0.25, 0.3) is 0 Å². The summed E-state index contributed by atoms with van der Waals surface area (Å²) in [6.07, 6.45) is 4.17. The van der Waals surface area contributed by atoms with Gasteiger partial charge in [-0.1, -0.05) is 73.7 Å². The van der Waals surface area contributed by atoms with Crippen molar-refractivity contribution in [3.05, 3.63) is 66.2 Å². The second kappa shape index (κ2) is 8.96. The van der Waals surface area contributed by atoms with E-state index in [1.54, 1.807) is 0 Å². The summed E-state index contributed by atoms with van der Waals surface area (Å²) in [6, 6.07) is 19.0. The fraction of sp³-hybridized carbons (Fsp3) is 0.300. The molecule has 0 aliphatic rings. The zero-order chi connectivity index (χ0) is 16.7. The molecule has 0 amide bonds. The van der Waals surface area contributed by atoms with Crippen molar-refractivity contribution < 1.29 is 4.39 Å². The van der Waals surface area contributed by atoms with Crippen molar-refractivity contribution in [1.29, 1.82) is 0 Å². The Morgan fingerprint density at radius 1 is 1.00 bits per heavy atom. The Morgan fingerprint density at radius 3 is 2.22 bits per heavy atom. The molecule has 0 aliphatic carbocycles. The molecule has 1 nitrogen and oxygen atoms in total. The van der Waals surface area contributed by atoms with Gasteiger partial charge in [0.2, 0.25) is 0 Å². The first kappa shape index (κ1) is 17.8. The van der Waals surface area contributed by atoms with Gasteiger partial charge in [-0.2, -0.15) is 0 Å². The van der Waals surface area contributed by atoms with Gasteiger partial charge in [0.15, 0.2) is 0 Å². The van der Waals surface area contributed by atoms with Gasteiger partial charge in [0.05, 0.1) is 0 Å². The van der Waals surface area contributed by atoms with E-state index in [0.717, 1.165) is 6.54 Å². The first-order chi connectivity index (χ1) is 11.1. The lowest BCUT2D eigenvalue weighted by Gasteiger charge is -2.21. The molecule has 2 aromatic carbocycles. The largest absolute Gasteiger partial charge is 0.310 e. The zero-order valence-corrected chi connectivity index (χ0v) is 14.9. The first-order valence-corrected chi connectivity index (χ1v) is 8.69.